The molecule has 1 atom stereocenters. The predicted molar refractivity (Wildman–Crippen MR) is 129 cm³/mol. The number of carbonyl (C=O) groups is 1. The third-order valence-corrected chi connectivity index (χ3v) is 8.08. The number of amides is 1. The van der Waals surface area contributed by atoms with Crippen molar-refractivity contribution in [1.82, 2.24) is 19.7 Å². The van der Waals surface area contributed by atoms with E-state index in [0.717, 1.165) is 50.3 Å². The van der Waals surface area contributed by atoms with E-state index in [0.29, 0.717) is 18.7 Å². The summed E-state index contributed by atoms with van der Waals surface area (Å²) >= 11 is 0. The third kappa shape index (κ3) is 5.07. The maximum Gasteiger partial charge on any atom is 0.261 e. The summed E-state index contributed by atoms with van der Waals surface area (Å²) in [5.74, 6) is 1.44. The van der Waals surface area contributed by atoms with Crippen LogP contribution in [0.15, 0.2) is 53.4 Å². The van der Waals surface area contributed by atoms with Gasteiger partial charge in [-0.15, -0.1) is 10.2 Å². The SMILES string of the molecule is O=C(c1cccc(S(=O)(=O)Nc2ccc(F)cc2)c1)N1CCCC(c2nnc3n2CCCCC3)C1. The fourth-order valence-corrected chi connectivity index (χ4v) is 6.00. The van der Waals surface area contributed by atoms with Crippen LogP contribution in [0.5, 0.6) is 0 Å². The van der Waals surface area contributed by atoms with Gasteiger partial charge >= 0.3 is 0 Å². The molecule has 0 aliphatic carbocycles. The lowest BCUT2D eigenvalue weighted by Gasteiger charge is -2.32. The van der Waals surface area contributed by atoms with Gasteiger partial charge in [0.25, 0.3) is 15.9 Å². The Balaban J connectivity index is 1.33. The maximum absolute atomic E-state index is 13.4. The van der Waals surface area contributed by atoms with Gasteiger partial charge in [-0.2, -0.15) is 0 Å². The van der Waals surface area contributed by atoms with Crippen molar-refractivity contribution in [3.63, 3.8) is 0 Å². The van der Waals surface area contributed by atoms with Gasteiger partial charge < -0.3 is 9.47 Å². The summed E-state index contributed by atoms with van der Waals surface area (Å²) in [4.78, 5) is 15.1. The standard InChI is InChI=1S/C25H28FN5O3S/c26-20-10-12-21(13-11-20)29-35(33,34)22-8-4-6-18(16-22)25(32)30-14-5-7-19(17-30)24-28-27-23-9-2-1-3-15-31(23)24/h4,6,8,10-13,16,19,29H,1-3,5,7,9,14-15,17H2. The van der Waals surface area contributed by atoms with Crippen molar-refractivity contribution in [3.05, 3.63) is 71.6 Å². The number of benzene rings is 2. The molecule has 10 heteroatoms. The largest absolute Gasteiger partial charge is 0.338 e. The summed E-state index contributed by atoms with van der Waals surface area (Å²) in [7, 11) is -3.94. The van der Waals surface area contributed by atoms with E-state index in [1.165, 1.54) is 42.8 Å². The second kappa shape index (κ2) is 9.77. The van der Waals surface area contributed by atoms with Gasteiger partial charge in [-0.05, 0) is 68.1 Å². The summed E-state index contributed by atoms with van der Waals surface area (Å²) in [6, 6.07) is 11.1. The van der Waals surface area contributed by atoms with E-state index >= 15 is 0 Å². The minimum atomic E-state index is -3.94. The van der Waals surface area contributed by atoms with Crippen LogP contribution in [-0.2, 0) is 23.0 Å². The number of piperidine rings is 1. The highest BCUT2D eigenvalue weighted by Gasteiger charge is 2.30. The van der Waals surface area contributed by atoms with E-state index in [4.69, 9.17) is 0 Å². The molecule has 1 saturated heterocycles. The minimum Gasteiger partial charge on any atom is -0.338 e. The number of hydrogen-bond donors (Lipinski definition) is 1. The second-order valence-corrected chi connectivity index (χ2v) is 10.8. The van der Waals surface area contributed by atoms with Gasteiger partial charge in [0.2, 0.25) is 0 Å². The lowest BCUT2D eigenvalue weighted by Crippen LogP contribution is -2.40. The molecule has 1 N–H and O–H groups in total. The Bertz CT molecular complexity index is 1320. The average molecular weight is 498 g/mol. The number of aromatic nitrogens is 3. The van der Waals surface area contributed by atoms with Crippen molar-refractivity contribution >= 4 is 21.6 Å². The van der Waals surface area contributed by atoms with Gasteiger partial charge in [-0.1, -0.05) is 12.5 Å². The number of fused-ring (bicyclic) bond motifs is 1. The van der Waals surface area contributed by atoms with Crippen LogP contribution in [0.1, 0.15) is 60.0 Å². The number of aryl methyl sites for hydroxylation is 1. The van der Waals surface area contributed by atoms with Gasteiger partial charge in [0.1, 0.15) is 17.5 Å². The summed E-state index contributed by atoms with van der Waals surface area (Å²) in [5.41, 5.74) is 0.558. The van der Waals surface area contributed by atoms with Crippen LogP contribution in [0.3, 0.4) is 0 Å². The Morgan fingerprint density at radius 2 is 1.83 bits per heavy atom. The zero-order valence-corrected chi connectivity index (χ0v) is 20.2. The molecule has 35 heavy (non-hydrogen) atoms. The first kappa shape index (κ1) is 23.5. The molecule has 0 spiro atoms. The highest BCUT2D eigenvalue weighted by Crippen LogP contribution is 2.29. The minimum absolute atomic E-state index is 0.0241. The molecule has 2 aliphatic rings. The lowest BCUT2D eigenvalue weighted by atomic mass is 9.96. The predicted octanol–water partition coefficient (Wildman–Crippen LogP) is 3.96. The molecule has 0 radical (unpaired) electrons. The average Bonchev–Trinajstić information content (AvgIpc) is 3.13. The summed E-state index contributed by atoms with van der Waals surface area (Å²) in [6.07, 6.45) is 6.16. The van der Waals surface area contributed by atoms with Crippen molar-refractivity contribution in [2.24, 2.45) is 0 Å². The quantitative estimate of drug-likeness (QED) is 0.575. The third-order valence-electron chi connectivity index (χ3n) is 6.70. The Morgan fingerprint density at radius 1 is 1.00 bits per heavy atom. The molecule has 3 aromatic rings. The highest BCUT2D eigenvalue weighted by atomic mass is 32.2. The zero-order chi connectivity index (χ0) is 24.4. The Kier molecular flexibility index (Phi) is 6.55. The molecule has 184 valence electrons. The number of nitrogens with zero attached hydrogens (tertiary/aromatic N) is 4. The summed E-state index contributed by atoms with van der Waals surface area (Å²) < 4.78 is 43.5. The molecule has 0 bridgehead atoms. The smallest absolute Gasteiger partial charge is 0.261 e. The van der Waals surface area contributed by atoms with E-state index in [1.54, 1.807) is 17.0 Å². The molecule has 1 aromatic heterocycles. The maximum atomic E-state index is 13.4. The fourth-order valence-electron chi connectivity index (χ4n) is 4.89. The number of sulfonamides is 1. The highest BCUT2D eigenvalue weighted by molar-refractivity contribution is 7.92. The molecule has 2 aromatic carbocycles. The topological polar surface area (TPSA) is 97.2 Å². The molecular formula is C25H28FN5O3S. The molecule has 3 heterocycles. The van der Waals surface area contributed by atoms with Gasteiger partial charge in [0.05, 0.1) is 4.90 Å². The molecule has 1 amide bonds. The molecular weight excluding hydrogens is 469 g/mol. The van der Waals surface area contributed by atoms with Crippen LogP contribution in [0.4, 0.5) is 10.1 Å². The van der Waals surface area contributed by atoms with Crippen LogP contribution in [0.2, 0.25) is 0 Å². The molecule has 1 fully saturated rings. The first-order valence-corrected chi connectivity index (χ1v) is 13.5. The van der Waals surface area contributed by atoms with Crippen LogP contribution in [-0.4, -0.2) is 47.1 Å². The zero-order valence-electron chi connectivity index (χ0n) is 19.4. The van der Waals surface area contributed by atoms with Crippen LogP contribution < -0.4 is 4.72 Å². The lowest BCUT2D eigenvalue weighted by molar-refractivity contribution is 0.0703. The van der Waals surface area contributed by atoms with Crippen molar-refractivity contribution < 1.29 is 17.6 Å². The summed E-state index contributed by atoms with van der Waals surface area (Å²) in [6.45, 7) is 2.06. The van der Waals surface area contributed by atoms with E-state index in [2.05, 4.69) is 19.5 Å². The van der Waals surface area contributed by atoms with Crippen LogP contribution in [0.25, 0.3) is 0 Å². The Labute approximate surface area is 204 Å². The van der Waals surface area contributed by atoms with E-state index < -0.39 is 15.8 Å². The van der Waals surface area contributed by atoms with Gasteiger partial charge in [-0.25, -0.2) is 12.8 Å². The molecule has 2 aliphatic heterocycles. The van der Waals surface area contributed by atoms with Gasteiger partial charge in [-0.3, -0.25) is 9.52 Å². The number of rotatable bonds is 5. The van der Waals surface area contributed by atoms with Gasteiger partial charge in [0, 0.05) is 43.2 Å². The van der Waals surface area contributed by atoms with E-state index in [9.17, 15) is 17.6 Å². The Morgan fingerprint density at radius 3 is 2.66 bits per heavy atom. The molecule has 5 rings (SSSR count). The van der Waals surface area contributed by atoms with Crippen molar-refractivity contribution in [2.45, 2.75) is 55.9 Å². The first-order chi connectivity index (χ1) is 16.9. The van der Waals surface area contributed by atoms with E-state index in [1.807, 2.05) is 0 Å². The number of carbonyl (C=O) groups excluding carboxylic acids is 1. The van der Waals surface area contributed by atoms with Gasteiger partial charge in [0.15, 0.2) is 0 Å². The number of nitrogens with one attached hydrogen (secondary N) is 1. The normalized spacial score (nSPS) is 18.5. The van der Waals surface area contributed by atoms with Crippen molar-refractivity contribution in [2.75, 3.05) is 17.8 Å². The second-order valence-electron chi connectivity index (χ2n) is 9.17. The number of halogens is 1. The summed E-state index contributed by atoms with van der Waals surface area (Å²) in [5, 5.41) is 8.90. The number of hydrogen-bond acceptors (Lipinski definition) is 5. The molecule has 8 nitrogen and oxygen atoms in total. The van der Waals surface area contributed by atoms with Crippen LogP contribution >= 0.6 is 0 Å². The number of likely N-dealkylation sites (tertiary alicyclic amines) is 1. The fraction of sp³-hybridized carbons (Fsp3) is 0.400. The Hall–Kier alpha value is -3.27. The monoisotopic (exact) mass is 497 g/mol. The number of anilines is 1. The van der Waals surface area contributed by atoms with Crippen LogP contribution in [0, 0.1) is 5.82 Å². The molecule has 0 saturated carbocycles. The molecule has 1 unspecified atom stereocenters. The van der Waals surface area contributed by atoms with E-state index in [-0.39, 0.29) is 22.4 Å². The first-order valence-electron chi connectivity index (χ1n) is 12.0. The van der Waals surface area contributed by atoms with Crippen molar-refractivity contribution in [1.29, 1.82) is 0 Å². The van der Waals surface area contributed by atoms with Crippen molar-refractivity contribution in [3.8, 4) is 0 Å².